The standard InChI is InChI=1S/C26H27N3O7/c1-3-4-12-35-26(32)28(24-18(2)13-20(15-27-24)25(30)31)16-21-14-22(29(33)34)10-11-23(21)36-17-19-8-6-5-7-9-19/h5-11,13-15H,3-4,12,16-17H2,1-2H3,(H,30,31). The summed E-state index contributed by atoms with van der Waals surface area (Å²) in [6.45, 7) is 3.85. The molecule has 10 heteroatoms. The Bertz CT molecular complexity index is 1230. The molecule has 1 amide bonds. The zero-order chi connectivity index (χ0) is 26.1. The van der Waals surface area contributed by atoms with Crippen LogP contribution in [0, 0.1) is 17.0 Å². The third kappa shape index (κ3) is 6.78. The summed E-state index contributed by atoms with van der Waals surface area (Å²) < 4.78 is 11.4. The SMILES string of the molecule is CCCCOC(=O)N(Cc1cc([N+](=O)[O-])ccc1OCc1ccccc1)c1ncc(C(=O)O)cc1C. The molecular weight excluding hydrogens is 466 g/mol. The largest absolute Gasteiger partial charge is 0.489 e. The number of non-ortho nitro benzene ring substituents is 1. The van der Waals surface area contributed by atoms with Crippen LogP contribution in [-0.2, 0) is 17.9 Å². The van der Waals surface area contributed by atoms with Crippen LogP contribution in [0.3, 0.4) is 0 Å². The number of pyridine rings is 1. The molecule has 0 saturated carbocycles. The number of aromatic carboxylic acids is 1. The molecule has 1 N–H and O–H groups in total. The monoisotopic (exact) mass is 493 g/mol. The Labute approximate surface area is 208 Å². The number of hydrogen-bond acceptors (Lipinski definition) is 7. The van der Waals surface area contributed by atoms with Crippen LogP contribution < -0.4 is 9.64 Å². The highest BCUT2D eigenvalue weighted by molar-refractivity contribution is 5.90. The van der Waals surface area contributed by atoms with E-state index in [1.165, 1.54) is 29.2 Å². The molecular formula is C26H27N3O7. The second kappa shape index (κ2) is 12.3. The van der Waals surface area contributed by atoms with Crippen LogP contribution in [0.15, 0.2) is 60.8 Å². The Kier molecular flexibility index (Phi) is 8.93. The van der Waals surface area contributed by atoms with E-state index >= 15 is 0 Å². The lowest BCUT2D eigenvalue weighted by molar-refractivity contribution is -0.384. The van der Waals surface area contributed by atoms with Crippen molar-refractivity contribution in [3.8, 4) is 5.75 Å². The number of ether oxygens (including phenoxy) is 2. The van der Waals surface area contributed by atoms with Crippen molar-refractivity contribution in [2.75, 3.05) is 11.5 Å². The maximum absolute atomic E-state index is 13.1. The van der Waals surface area contributed by atoms with Gasteiger partial charge in [0.2, 0.25) is 0 Å². The number of rotatable bonds is 11. The van der Waals surface area contributed by atoms with Crippen molar-refractivity contribution in [2.24, 2.45) is 0 Å². The van der Waals surface area contributed by atoms with Crippen molar-refractivity contribution in [2.45, 2.75) is 39.8 Å². The zero-order valence-corrected chi connectivity index (χ0v) is 20.0. The summed E-state index contributed by atoms with van der Waals surface area (Å²) >= 11 is 0. The number of carbonyl (C=O) groups excluding carboxylic acids is 1. The molecule has 0 aliphatic heterocycles. The van der Waals surface area contributed by atoms with Gasteiger partial charge in [0, 0.05) is 23.9 Å². The molecule has 0 aliphatic rings. The van der Waals surface area contributed by atoms with Gasteiger partial charge in [0.25, 0.3) is 5.69 Å². The number of aryl methyl sites for hydroxylation is 1. The minimum absolute atomic E-state index is 0.0298. The lowest BCUT2D eigenvalue weighted by Gasteiger charge is -2.24. The maximum atomic E-state index is 13.1. The van der Waals surface area contributed by atoms with Gasteiger partial charge in [-0.1, -0.05) is 43.7 Å². The first-order valence-electron chi connectivity index (χ1n) is 11.4. The van der Waals surface area contributed by atoms with E-state index < -0.39 is 17.0 Å². The summed E-state index contributed by atoms with van der Waals surface area (Å²) in [5, 5.41) is 20.7. The smallest absolute Gasteiger partial charge is 0.415 e. The van der Waals surface area contributed by atoms with E-state index in [0.717, 1.165) is 18.2 Å². The minimum Gasteiger partial charge on any atom is -0.489 e. The lowest BCUT2D eigenvalue weighted by Crippen LogP contribution is -2.33. The molecule has 36 heavy (non-hydrogen) atoms. The Balaban J connectivity index is 1.98. The van der Waals surface area contributed by atoms with Crippen LogP contribution in [0.25, 0.3) is 0 Å². The summed E-state index contributed by atoms with van der Waals surface area (Å²) in [4.78, 5) is 40.8. The van der Waals surface area contributed by atoms with Gasteiger partial charge in [-0.25, -0.2) is 14.6 Å². The molecule has 0 aliphatic carbocycles. The lowest BCUT2D eigenvalue weighted by atomic mass is 10.1. The predicted molar refractivity (Wildman–Crippen MR) is 132 cm³/mol. The molecule has 0 fully saturated rings. The summed E-state index contributed by atoms with van der Waals surface area (Å²) in [6.07, 6.45) is 1.92. The molecule has 0 atom stereocenters. The molecule has 3 rings (SSSR count). The number of nitrogens with zero attached hydrogens (tertiary/aromatic N) is 3. The highest BCUT2D eigenvalue weighted by atomic mass is 16.6. The third-order valence-corrected chi connectivity index (χ3v) is 5.32. The number of nitro benzene ring substituents is 1. The molecule has 3 aromatic rings. The van der Waals surface area contributed by atoms with Crippen molar-refractivity contribution in [1.29, 1.82) is 0 Å². The predicted octanol–water partition coefficient (Wildman–Crippen LogP) is 5.52. The molecule has 1 heterocycles. The maximum Gasteiger partial charge on any atom is 0.415 e. The first kappa shape index (κ1) is 26.1. The van der Waals surface area contributed by atoms with Gasteiger partial charge in [-0.05, 0) is 36.6 Å². The number of benzene rings is 2. The Morgan fingerprint density at radius 3 is 2.53 bits per heavy atom. The first-order valence-corrected chi connectivity index (χ1v) is 11.4. The van der Waals surface area contributed by atoms with Gasteiger partial charge in [0.05, 0.1) is 23.6 Å². The Hall–Kier alpha value is -4.47. The Morgan fingerprint density at radius 1 is 1.14 bits per heavy atom. The van der Waals surface area contributed by atoms with E-state index in [1.54, 1.807) is 6.92 Å². The number of carboxylic acid groups (broad SMARTS) is 1. The van der Waals surface area contributed by atoms with E-state index in [-0.39, 0.29) is 36.8 Å². The fourth-order valence-electron chi connectivity index (χ4n) is 3.42. The van der Waals surface area contributed by atoms with Crippen LogP contribution in [0.5, 0.6) is 5.75 Å². The number of hydrogen-bond donors (Lipinski definition) is 1. The van der Waals surface area contributed by atoms with Crippen LogP contribution in [0.4, 0.5) is 16.3 Å². The summed E-state index contributed by atoms with van der Waals surface area (Å²) in [6, 6.07) is 15.0. The van der Waals surface area contributed by atoms with Gasteiger partial charge < -0.3 is 14.6 Å². The quantitative estimate of drug-likeness (QED) is 0.210. The van der Waals surface area contributed by atoms with E-state index in [1.807, 2.05) is 37.3 Å². The van der Waals surface area contributed by atoms with Crippen LogP contribution in [0.1, 0.15) is 46.8 Å². The number of unbranched alkanes of at least 4 members (excludes halogenated alkanes) is 1. The molecule has 0 saturated heterocycles. The van der Waals surface area contributed by atoms with E-state index in [2.05, 4.69) is 4.98 Å². The minimum atomic E-state index is -1.15. The molecule has 0 spiro atoms. The zero-order valence-electron chi connectivity index (χ0n) is 20.0. The van der Waals surface area contributed by atoms with Gasteiger partial charge in [-0.2, -0.15) is 0 Å². The third-order valence-electron chi connectivity index (χ3n) is 5.32. The van der Waals surface area contributed by atoms with E-state index in [4.69, 9.17) is 9.47 Å². The van der Waals surface area contributed by atoms with Crippen LogP contribution >= 0.6 is 0 Å². The van der Waals surface area contributed by atoms with Crippen molar-refractivity contribution >= 4 is 23.6 Å². The van der Waals surface area contributed by atoms with Gasteiger partial charge in [0.15, 0.2) is 0 Å². The Morgan fingerprint density at radius 2 is 1.89 bits per heavy atom. The van der Waals surface area contributed by atoms with Crippen molar-refractivity contribution < 1.29 is 29.1 Å². The van der Waals surface area contributed by atoms with Crippen molar-refractivity contribution in [3.05, 3.63) is 93.2 Å². The molecule has 0 bridgehead atoms. The second-order valence-corrected chi connectivity index (χ2v) is 8.05. The molecule has 2 aromatic carbocycles. The number of carbonyl (C=O) groups is 2. The molecule has 10 nitrogen and oxygen atoms in total. The fourth-order valence-corrected chi connectivity index (χ4v) is 3.42. The van der Waals surface area contributed by atoms with Crippen LogP contribution in [-0.4, -0.2) is 33.7 Å². The topological polar surface area (TPSA) is 132 Å². The molecule has 188 valence electrons. The highest BCUT2D eigenvalue weighted by Gasteiger charge is 2.25. The van der Waals surface area contributed by atoms with Crippen molar-refractivity contribution in [1.82, 2.24) is 4.98 Å². The number of nitro groups is 1. The van der Waals surface area contributed by atoms with Crippen molar-refractivity contribution in [3.63, 3.8) is 0 Å². The number of amides is 1. The fraction of sp³-hybridized carbons (Fsp3) is 0.269. The average molecular weight is 494 g/mol. The van der Waals surface area contributed by atoms with Gasteiger partial charge >= 0.3 is 12.1 Å². The molecule has 0 radical (unpaired) electrons. The van der Waals surface area contributed by atoms with E-state index in [0.29, 0.717) is 23.3 Å². The average Bonchev–Trinajstić information content (AvgIpc) is 2.87. The number of aromatic nitrogens is 1. The summed E-state index contributed by atoms with van der Waals surface area (Å²) in [7, 11) is 0. The van der Waals surface area contributed by atoms with E-state index in [9.17, 15) is 24.8 Å². The highest BCUT2D eigenvalue weighted by Crippen LogP contribution is 2.29. The normalized spacial score (nSPS) is 10.5. The van der Waals surface area contributed by atoms with Gasteiger partial charge in [-0.3, -0.25) is 15.0 Å². The summed E-state index contributed by atoms with van der Waals surface area (Å²) in [5.41, 5.74) is 1.51. The second-order valence-electron chi connectivity index (χ2n) is 8.05. The van der Waals surface area contributed by atoms with Crippen LogP contribution in [0.2, 0.25) is 0 Å². The number of carboxylic acids is 1. The molecule has 0 unspecified atom stereocenters. The van der Waals surface area contributed by atoms with Gasteiger partial charge in [-0.15, -0.1) is 0 Å². The molecule has 1 aromatic heterocycles. The summed E-state index contributed by atoms with van der Waals surface area (Å²) in [5.74, 6) is -0.609. The van der Waals surface area contributed by atoms with Gasteiger partial charge in [0.1, 0.15) is 18.2 Å². The number of anilines is 1. The first-order chi connectivity index (χ1) is 17.3.